The second kappa shape index (κ2) is 12.0. The van der Waals surface area contributed by atoms with Crippen molar-refractivity contribution >= 4 is 14.1 Å². The molecule has 3 unspecified atom stereocenters. The van der Waals surface area contributed by atoms with Crippen LogP contribution in [0.1, 0.15) is 81.6 Å². The average Bonchev–Trinajstić information content (AvgIpc) is 2.23. The molecule has 0 radical (unpaired) electrons. The Balaban J connectivity index is 4.53. The zero-order valence-electron chi connectivity index (χ0n) is 17.3. The van der Waals surface area contributed by atoms with Crippen LogP contribution in [0.4, 0.5) is 0 Å². The Morgan fingerprint density at radius 3 is 0.864 bits per heavy atom. The van der Waals surface area contributed by atoms with E-state index >= 15 is 0 Å². The number of rotatable bonds is 12. The molecule has 0 aliphatic carbocycles. The third kappa shape index (κ3) is 13.0. The van der Waals surface area contributed by atoms with Crippen molar-refractivity contribution in [3.63, 3.8) is 0 Å². The Morgan fingerprint density at radius 2 is 0.682 bits per heavy atom. The van der Waals surface area contributed by atoms with E-state index in [1.165, 1.54) is 19.3 Å². The van der Waals surface area contributed by atoms with Crippen LogP contribution in [0.15, 0.2) is 0 Å². The van der Waals surface area contributed by atoms with E-state index in [9.17, 15) is 0 Å². The van der Waals surface area contributed by atoms with E-state index in [1.807, 2.05) is 0 Å². The minimum atomic E-state index is -0.584. The molecule has 0 rings (SSSR count). The molecular weight excluding hydrogens is 279 g/mol. The molecule has 22 heavy (non-hydrogen) atoms. The van der Waals surface area contributed by atoms with E-state index in [-0.39, 0.29) is 0 Å². The van der Waals surface area contributed by atoms with Gasteiger partial charge in [0.05, 0.1) is 0 Å². The van der Waals surface area contributed by atoms with Crippen molar-refractivity contribution in [1.29, 1.82) is 0 Å². The van der Waals surface area contributed by atoms with Gasteiger partial charge in [0.25, 0.3) is 14.1 Å². The molecule has 0 aliphatic rings. The molecule has 0 saturated carbocycles. The quantitative estimate of drug-likeness (QED) is 0.325. The molecule has 0 bridgehead atoms. The Bertz CT molecular complexity index is 214. The molecule has 0 N–H and O–H groups in total. The fourth-order valence-corrected chi connectivity index (χ4v) is 9.27. The normalized spacial score (nSPS) is 16.4. The molecule has 0 spiro atoms. The van der Waals surface area contributed by atoms with Gasteiger partial charge in [-0.1, -0.05) is 95.9 Å². The Labute approximate surface area is 147 Å². The summed E-state index contributed by atoms with van der Waals surface area (Å²) in [6.07, 6.45) is 4.29. The molecule has 0 heterocycles. The smallest absolute Gasteiger partial charge is 0.0912 e. The molecule has 0 aromatic carbocycles. The van der Waals surface area contributed by atoms with Crippen molar-refractivity contribution < 1.29 is 0 Å². The second-order valence-electron chi connectivity index (χ2n) is 9.78. The van der Waals surface area contributed by atoms with Crippen molar-refractivity contribution in [2.75, 3.05) is 0 Å². The lowest BCUT2D eigenvalue weighted by molar-refractivity contribution is 0.440. The number of hydrogen-bond acceptors (Lipinski definition) is 0. The first-order valence-electron chi connectivity index (χ1n) is 10.1. The van der Waals surface area contributed by atoms with Crippen LogP contribution < -0.4 is 0 Å². The average molecular weight is 325 g/mol. The monoisotopic (exact) mass is 324 g/mol. The third-order valence-electron chi connectivity index (χ3n) is 4.83. The lowest BCUT2D eigenvalue weighted by Crippen LogP contribution is -2.23. The van der Waals surface area contributed by atoms with E-state index in [4.69, 9.17) is 0 Å². The Kier molecular flexibility index (Phi) is 12.3. The van der Waals surface area contributed by atoms with E-state index < -0.39 is 14.1 Å². The van der Waals surface area contributed by atoms with Crippen LogP contribution in [-0.2, 0) is 0 Å². The van der Waals surface area contributed by atoms with Crippen LogP contribution in [0, 0.1) is 35.5 Å². The summed E-state index contributed by atoms with van der Waals surface area (Å²) < 4.78 is 0. The van der Waals surface area contributed by atoms with Crippen LogP contribution in [0.5, 0.6) is 0 Å². The fourth-order valence-electron chi connectivity index (χ4n) is 4.70. The molecule has 132 valence electrons. The Morgan fingerprint density at radius 1 is 0.455 bits per heavy atom. The predicted molar refractivity (Wildman–Crippen MR) is 106 cm³/mol. The largest absolute Gasteiger partial charge is 0.262 e. The van der Waals surface area contributed by atoms with Crippen molar-refractivity contribution in [3.8, 4) is 0 Å². The minimum absolute atomic E-state index is 0.584. The van der Waals surface area contributed by atoms with Gasteiger partial charge in [0, 0.05) is 0 Å². The molecule has 0 aromatic heterocycles. The van der Waals surface area contributed by atoms with Gasteiger partial charge in [-0.25, -0.2) is 0 Å². The Hall–Kier alpha value is 0.532. The van der Waals surface area contributed by atoms with Gasteiger partial charge >= 0.3 is 0 Å². The van der Waals surface area contributed by atoms with E-state index in [1.54, 1.807) is 15.8 Å². The minimum Gasteiger partial charge on any atom is -0.0912 e. The highest BCUT2D eigenvalue weighted by atomic mass is 27.2. The van der Waals surface area contributed by atoms with Gasteiger partial charge in [-0.05, 0) is 37.0 Å². The molecule has 0 fully saturated rings. The first-order chi connectivity index (χ1) is 10.1. The van der Waals surface area contributed by atoms with Gasteiger partial charge in [-0.15, -0.1) is 0 Å². The highest BCUT2D eigenvalue weighted by Gasteiger charge is 2.25. The molecule has 0 saturated heterocycles. The summed E-state index contributed by atoms with van der Waals surface area (Å²) in [5, 5.41) is 4.76. The lowest BCUT2D eigenvalue weighted by atomic mass is 10.0. The summed E-state index contributed by atoms with van der Waals surface area (Å²) >= 11 is -0.584. The summed E-state index contributed by atoms with van der Waals surface area (Å²) in [6.45, 7) is 21.9. The second-order valence-corrected chi connectivity index (χ2v) is 12.9. The highest BCUT2D eigenvalue weighted by molar-refractivity contribution is 6.59. The van der Waals surface area contributed by atoms with Gasteiger partial charge in [0.1, 0.15) is 0 Å². The summed E-state index contributed by atoms with van der Waals surface area (Å²) in [7, 11) is 0. The first kappa shape index (κ1) is 22.5. The van der Waals surface area contributed by atoms with Gasteiger partial charge < -0.3 is 0 Å². The molecule has 0 amide bonds. The van der Waals surface area contributed by atoms with Gasteiger partial charge in [-0.3, -0.25) is 0 Å². The molecule has 0 aliphatic heterocycles. The van der Waals surface area contributed by atoms with Crippen LogP contribution in [0.2, 0.25) is 15.8 Å². The molecule has 1 heteroatoms. The van der Waals surface area contributed by atoms with E-state index in [0.717, 1.165) is 35.5 Å². The van der Waals surface area contributed by atoms with Crippen LogP contribution in [0.25, 0.3) is 0 Å². The maximum atomic E-state index is 2.51. The third-order valence-corrected chi connectivity index (χ3v) is 9.24. The summed E-state index contributed by atoms with van der Waals surface area (Å²) in [5.74, 6) is 5.46. The van der Waals surface area contributed by atoms with Gasteiger partial charge in [0.15, 0.2) is 0 Å². The highest BCUT2D eigenvalue weighted by Crippen LogP contribution is 2.29. The maximum absolute atomic E-state index is 2.51. The maximum Gasteiger partial charge on any atom is 0.262 e. The molecule has 0 nitrogen and oxygen atoms in total. The van der Waals surface area contributed by atoms with Gasteiger partial charge in [0.2, 0.25) is 0 Å². The van der Waals surface area contributed by atoms with Crippen LogP contribution in [0.3, 0.4) is 0 Å². The molecular formula is C21H45Al. The zero-order chi connectivity index (χ0) is 17.3. The van der Waals surface area contributed by atoms with E-state index in [0.29, 0.717) is 0 Å². The topological polar surface area (TPSA) is 0 Å². The standard InChI is InChI=1S/3C7H15.Al/c3*1-6(2)5-7(3)4;/h3*6-7H,1,5H2,2-4H3;. The fraction of sp³-hybridized carbons (Fsp3) is 1.00. The van der Waals surface area contributed by atoms with Crippen molar-refractivity contribution in [2.24, 2.45) is 35.5 Å². The first-order valence-corrected chi connectivity index (χ1v) is 12.5. The lowest BCUT2D eigenvalue weighted by Gasteiger charge is -2.25. The predicted octanol–water partition coefficient (Wildman–Crippen LogP) is 7.53. The van der Waals surface area contributed by atoms with Crippen LogP contribution >= 0.6 is 0 Å². The van der Waals surface area contributed by atoms with Crippen molar-refractivity contribution in [1.82, 2.24) is 0 Å². The number of hydrogen-bond donors (Lipinski definition) is 0. The summed E-state index contributed by atoms with van der Waals surface area (Å²) in [4.78, 5) is 0. The van der Waals surface area contributed by atoms with Crippen LogP contribution in [-0.4, -0.2) is 14.1 Å². The summed E-state index contributed by atoms with van der Waals surface area (Å²) in [5.41, 5.74) is 0. The van der Waals surface area contributed by atoms with Crippen molar-refractivity contribution in [3.05, 3.63) is 0 Å². The summed E-state index contributed by atoms with van der Waals surface area (Å²) in [6, 6.07) is 0. The molecule has 3 atom stereocenters. The van der Waals surface area contributed by atoms with E-state index in [2.05, 4.69) is 62.3 Å². The molecule has 0 aromatic rings. The zero-order valence-corrected chi connectivity index (χ0v) is 18.4. The SMILES string of the molecule is CC(C)CC(C)[CH2][Al]([CH2]C(C)CC(C)C)[CH2]C(C)CC(C)C. The van der Waals surface area contributed by atoms with Crippen molar-refractivity contribution in [2.45, 2.75) is 97.4 Å². The van der Waals surface area contributed by atoms with Gasteiger partial charge in [-0.2, -0.15) is 0 Å².